The average molecular weight is 298 g/mol. The number of hydrogen-bond donors (Lipinski definition) is 1. The van der Waals surface area contributed by atoms with Crippen LogP contribution in [-0.4, -0.2) is 15.0 Å². The van der Waals surface area contributed by atoms with E-state index in [1.165, 1.54) is 0 Å². The molecule has 1 aromatic rings. The van der Waals surface area contributed by atoms with Crippen LogP contribution in [0.1, 0.15) is 6.92 Å². The zero-order chi connectivity index (χ0) is 13.2. The van der Waals surface area contributed by atoms with Crippen LogP contribution in [0.25, 0.3) is 0 Å². The van der Waals surface area contributed by atoms with Crippen LogP contribution in [0.3, 0.4) is 0 Å². The topological polar surface area (TPSA) is 46.2 Å². The molecule has 0 saturated carbocycles. The van der Waals surface area contributed by atoms with E-state index < -0.39 is 20.9 Å². The van der Waals surface area contributed by atoms with Gasteiger partial charge in [-0.05, 0) is 19.1 Å². The van der Waals surface area contributed by atoms with Crippen LogP contribution in [0.2, 0.25) is 10.0 Å². The van der Waals surface area contributed by atoms with Gasteiger partial charge >= 0.3 is 0 Å². The monoisotopic (exact) mass is 297 g/mol. The van der Waals surface area contributed by atoms with E-state index in [1.807, 2.05) is 0 Å². The second-order valence-corrected chi connectivity index (χ2v) is 5.98. The molecule has 0 fully saturated rings. The van der Waals surface area contributed by atoms with Gasteiger partial charge in [0.15, 0.2) is 5.82 Å². The van der Waals surface area contributed by atoms with Crippen molar-refractivity contribution in [2.75, 3.05) is 6.54 Å². The van der Waals surface area contributed by atoms with E-state index >= 15 is 0 Å². The second-order valence-electron chi connectivity index (χ2n) is 3.46. The lowest BCUT2D eigenvalue weighted by atomic mass is 10.3. The van der Waals surface area contributed by atoms with Gasteiger partial charge in [0.05, 0.1) is 10.0 Å². The van der Waals surface area contributed by atoms with Gasteiger partial charge in [-0.3, -0.25) is 0 Å². The molecule has 0 aliphatic carbocycles. The first-order chi connectivity index (χ1) is 7.75. The lowest BCUT2D eigenvalue weighted by Crippen LogP contribution is -2.25. The lowest BCUT2D eigenvalue weighted by Gasteiger charge is -2.09. The number of sulfonamides is 1. The van der Waals surface area contributed by atoms with Crippen molar-refractivity contribution in [2.24, 2.45) is 0 Å². The Hall–Kier alpha value is -0.620. The van der Waals surface area contributed by atoms with Gasteiger partial charge in [-0.15, -0.1) is 0 Å². The van der Waals surface area contributed by atoms with Crippen molar-refractivity contribution in [1.29, 1.82) is 0 Å². The molecule has 0 saturated heterocycles. The SMILES string of the molecule is C=C(C)CNS(=O)(=O)c1ccc(Cl)c(F)c1Cl. The fourth-order valence-corrected chi connectivity index (χ4v) is 2.85. The van der Waals surface area contributed by atoms with E-state index in [0.29, 0.717) is 5.57 Å². The molecule has 0 unspecified atom stereocenters. The molecule has 3 nitrogen and oxygen atoms in total. The number of hydrogen-bond acceptors (Lipinski definition) is 2. The second kappa shape index (κ2) is 5.35. The average Bonchev–Trinajstić information content (AvgIpc) is 2.23. The fourth-order valence-electron chi connectivity index (χ4n) is 1.01. The first-order valence-corrected chi connectivity index (χ1v) is 6.77. The summed E-state index contributed by atoms with van der Waals surface area (Å²) in [5.41, 5.74) is 0.624. The first-order valence-electron chi connectivity index (χ1n) is 4.53. The molecule has 0 radical (unpaired) electrons. The highest BCUT2D eigenvalue weighted by molar-refractivity contribution is 7.89. The van der Waals surface area contributed by atoms with Crippen molar-refractivity contribution in [1.82, 2.24) is 4.72 Å². The molecule has 0 aliphatic rings. The quantitative estimate of drug-likeness (QED) is 0.686. The Labute approximate surface area is 109 Å². The normalized spacial score (nSPS) is 11.5. The summed E-state index contributed by atoms with van der Waals surface area (Å²) in [6, 6.07) is 2.28. The molecule has 7 heteroatoms. The van der Waals surface area contributed by atoms with Gasteiger partial charge in [-0.2, -0.15) is 0 Å². The standard InChI is InChI=1S/C10H10Cl2FNO2S/c1-6(2)5-14-17(15,16)8-4-3-7(11)10(13)9(8)12/h3-4,14H,1,5H2,2H3. The zero-order valence-electron chi connectivity index (χ0n) is 8.93. The van der Waals surface area contributed by atoms with Crippen LogP contribution < -0.4 is 4.72 Å². The first kappa shape index (κ1) is 14.4. The summed E-state index contributed by atoms with van der Waals surface area (Å²) in [6.07, 6.45) is 0. The van der Waals surface area contributed by atoms with E-state index in [0.717, 1.165) is 12.1 Å². The fraction of sp³-hybridized carbons (Fsp3) is 0.200. The highest BCUT2D eigenvalue weighted by Gasteiger charge is 2.21. The Morgan fingerprint density at radius 3 is 2.59 bits per heavy atom. The summed E-state index contributed by atoms with van der Waals surface area (Å²) in [6.45, 7) is 5.27. The molecule has 0 atom stereocenters. The third kappa shape index (κ3) is 3.42. The van der Waals surface area contributed by atoms with Crippen molar-refractivity contribution in [2.45, 2.75) is 11.8 Å². The molecule has 1 rings (SSSR count). The van der Waals surface area contributed by atoms with Crippen LogP contribution in [-0.2, 0) is 10.0 Å². The molecule has 0 aliphatic heterocycles. The minimum Gasteiger partial charge on any atom is -0.207 e. The largest absolute Gasteiger partial charge is 0.242 e. The maximum absolute atomic E-state index is 13.3. The summed E-state index contributed by atoms with van der Waals surface area (Å²) in [5.74, 6) is -0.952. The minimum atomic E-state index is -3.87. The highest BCUT2D eigenvalue weighted by Crippen LogP contribution is 2.29. The summed E-state index contributed by atoms with van der Waals surface area (Å²) in [5, 5.41) is -0.749. The highest BCUT2D eigenvalue weighted by atomic mass is 35.5. The van der Waals surface area contributed by atoms with Crippen LogP contribution in [0.15, 0.2) is 29.2 Å². The molecular weight excluding hydrogens is 288 g/mol. The molecule has 1 N–H and O–H groups in total. The Kier molecular flexibility index (Phi) is 4.55. The third-order valence-electron chi connectivity index (χ3n) is 1.85. The van der Waals surface area contributed by atoms with Crippen LogP contribution in [0.5, 0.6) is 0 Å². The predicted octanol–water partition coefficient (Wildman–Crippen LogP) is 2.99. The summed E-state index contributed by atoms with van der Waals surface area (Å²) >= 11 is 11.1. The van der Waals surface area contributed by atoms with Crippen molar-refractivity contribution in [3.63, 3.8) is 0 Å². The minimum absolute atomic E-state index is 0.0584. The number of nitrogens with one attached hydrogen (secondary N) is 1. The van der Waals surface area contributed by atoms with Crippen molar-refractivity contribution in [3.05, 3.63) is 40.1 Å². The van der Waals surface area contributed by atoms with E-state index in [-0.39, 0.29) is 16.5 Å². The summed E-state index contributed by atoms with van der Waals surface area (Å²) in [4.78, 5) is -0.345. The number of rotatable bonds is 4. The Morgan fingerprint density at radius 2 is 2.06 bits per heavy atom. The van der Waals surface area contributed by atoms with Crippen LogP contribution >= 0.6 is 23.2 Å². The van der Waals surface area contributed by atoms with E-state index in [4.69, 9.17) is 23.2 Å². The molecule has 0 amide bonds. The van der Waals surface area contributed by atoms with Crippen LogP contribution in [0.4, 0.5) is 4.39 Å². The van der Waals surface area contributed by atoms with Gasteiger partial charge in [0.2, 0.25) is 10.0 Å². The van der Waals surface area contributed by atoms with Crippen molar-refractivity contribution in [3.8, 4) is 0 Å². The summed E-state index contributed by atoms with van der Waals surface area (Å²) < 4.78 is 39.1. The molecule has 0 bridgehead atoms. The zero-order valence-corrected chi connectivity index (χ0v) is 11.3. The van der Waals surface area contributed by atoms with Crippen LogP contribution in [0, 0.1) is 5.82 Å². The van der Waals surface area contributed by atoms with Gasteiger partial charge in [0.25, 0.3) is 0 Å². The summed E-state index contributed by atoms with van der Waals surface area (Å²) in [7, 11) is -3.87. The van der Waals surface area contributed by atoms with Gasteiger partial charge in [0, 0.05) is 6.54 Å². The van der Waals surface area contributed by atoms with Gasteiger partial charge in [-0.1, -0.05) is 35.4 Å². The molecule has 0 spiro atoms. The van der Waals surface area contributed by atoms with E-state index in [1.54, 1.807) is 6.92 Å². The van der Waals surface area contributed by atoms with Crippen molar-refractivity contribution >= 4 is 33.2 Å². The molecular formula is C10H10Cl2FNO2S. The van der Waals surface area contributed by atoms with Gasteiger partial charge in [-0.25, -0.2) is 17.5 Å². The molecule has 1 aromatic carbocycles. The van der Waals surface area contributed by atoms with Gasteiger partial charge in [0.1, 0.15) is 4.90 Å². The molecule has 0 heterocycles. The Balaban J connectivity index is 3.16. The maximum atomic E-state index is 13.3. The third-order valence-corrected chi connectivity index (χ3v) is 4.07. The van der Waals surface area contributed by atoms with Crippen molar-refractivity contribution < 1.29 is 12.8 Å². The maximum Gasteiger partial charge on any atom is 0.242 e. The molecule has 94 valence electrons. The molecule has 17 heavy (non-hydrogen) atoms. The van der Waals surface area contributed by atoms with E-state index in [9.17, 15) is 12.8 Å². The predicted molar refractivity (Wildman–Crippen MR) is 66.4 cm³/mol. The molecule has 0 aromatic heterocycles. The lowest BCUT2D eigenvalue weighted by molar-refractivity contribution is 0.581. The Morgan fingerprint density at radius 1 is 1.47 bits per heavy atom. The number of halogens is 3. The Bertz CT molecular complexity index is 558. The number of benzene rings is 1. The van der Waals surface area contributed by atoms with E-state index in [2.05, 4.69) is 11.3 Å². The van der Waals surface area contributed by atoms with Gasteiger partial charge < -0.3 is 0 Å². The smallest absolute Gasteiger partial charge is 0.207 e.